The SMILES string of the molecule is CC(C)C1=C2C3CCC4C(C)(CCC5C(C)(C)C(OC(=O)CC(C)(C)C=O)CCC54C)C3CCC2(C(O)CNC(=O)c2ccccc2)CC1=O. The van der Waals surface area contributed by atoms with Gasteiger partial charge in [0.25, 0.3) is 5.91 Å². The third kappa shape index (κ3) is 5.91. The predicted octanol–water partition coefficient (Wildman–Crippen LogP) is 7.89. The zero-order chi connectivity index (χ0) is 36.4. The number of rotatable bonds is 9. The fourth-order valence-electron chi connectivity index (χ4n) is 12.6. The topological polar surface area (TPSA) is 110 Å². The summed E-state index contributed by atoms with van der Waals surface area (Å²) < 4.78 is 6.18. The van der Waals surface area contributed by atoms with Crippen molar-refractivity contribution in [3.8, 4) is 0 Å². The van der Waals surface area contributed by atoms with Crippen molar-refractivity contribution in [1.82, 2.24) is 5.32 Å². The largest absolute Gasteiger partial charge is 0.462 e. The minimum atomic E-state index is -0.832. The first-order chi connectivity index (χ1) is 23.4. The molecule has 274 valence electrons. The van der Waals surface area contributed by atoms with E-state index in [1.807, 2.05) is 18.2 Å². The van der Waals surface area contributed by atoms with E-state index in [0.29, 0.717) is 29.7 Å². The van der Waals surface area contributed by atoms with Gasteiger partial charge >= 0.3 is 5.97 Å². The number of aliphatic hydroxyl groups excluding tert-OH is 1. The highest BCUT2D eigenvalue weighted by atomic mass is 16.5. The summed E-state index contributed by atoms with van der Waals surface area (Å²) in [4.78, 5) is 51.4. The Morgan fingerprint density at radius 1 is 0.960 bits per heavy atom. The summed E-state index contributed by atoms with van der Waals surface area (Å²) in [5.41, 5.74) is 1.38. The molecule has 0 spiro atoms. The van der Waals surface area contributed by atoms with Crippen molar-refractivity contribution in [2.75, 3.05) is 6.54 Å². The summed E-state index contributed by atoms with van der Waals surface area (Å²) in [6.07, 6.45) is 8.11. The molecule has 2 N–H and O–H groups in total. The van der Waals surface area contributed by atoms with Gasteiger partial charge in [-0.25, -0.2) is 0 Å². The average Bonchev–Trinajstić information content (AvgIpc) is 3.38. The highest BCUT2D eigenvalue weighted by Crippen LogP contribution is 2.73. The Labute approximate surface area is 299 Å². The summed E-state index contributed by atoms with van der Waals surface area (Å²) in [5.74, 6) is 1.38. The molecule has 0 saturated heterocycles. The lowest BCUT2D eigenvalue weighted by Crippen LogP contribution is -2.63. The van der Waals surface area contributed by atoms with Crippen LogP contribution in [0, 0.1) is 56.7 Å². The highest BCUT2D eigenvalue weighted by molar-refractivity contribution is 6.01. The number of aliphatic hydroxyl groups is 1. The van der Waals surface area contributed by atoms with Crippen LogP contribution in [0.3, 0.4) is 0 Å². The lowest BCUT2D eigenvalue weighted by Gasteiger charge is -2.69. The van der Waals surface area contributed by atoms with Crippen LogP contribution in [0.25, 0.3) is 0 Å². The monoisotopic (exact) mass is 687 g/mol. The Morgan fingerprint density at radius 3 is 2.30 bits per heavy atom. The van der Waals surface area contributed by atoms with Gasteiger partial charge in [0.05, 0.1) is 12.5 Å². The average molecular weight is 688 g/mol. The molecule has 4 saturated carbocycles. The maximum Gasteiger partial charge on any atom is 0.307 e. The Balaban J connectivity index is 1.25. The van der Waals surface area contributed by atoms with Crippen LogP contribution in [0.5, 0.6) is 0 Å². The van der Waals surface area contributed by atoms with Crippen molar-refractivity contribution < 1.29 is 29.0 Å². The molecule has 0 bridgehead atoms. The van der Waals surface area contributed by atoms with Crippen molar-refractivity contribution in [2.45, 2.75) is 132 Å². The smallest absolute Gasteiger partial charge is 0.307 e. The molecule has 7 heteroatoms. The first kappa shape index (κ1) is 37.0. The molecule has 1 aromatic carbocycles. The van der Waals surface area contributed by atoms with Crippen LogP contribution in [-0.4, -0.2) is 47.8 Å². The van der Waals surface area contributed by atoms with E-state index in [2.05, 4.69) is 46.9 Å². The van der Waals surface area contributed by atoms with Crippen LogP contribution < -0.4 is 5.32 Å². The number of Topliss-reactive ketones (excluding diaryl/α,β-unsaturated/α-hetero) is 1. The first-order valence-corrected chi connectivity index (χ1v) is 19.4. The van der Waals surface area contributed by atoms with Gasteiger partial charge < -0.3 is 20.0 Å². The Bertz CT molecular complexity index is 1540. The number of allylic oxidation sites excluding steroid dienone is 1. The van der Waals surface area contributed by atoms with E-state index in [1.54, 1.807) is 26.0 Å². The molecule has 5 aliphatic carbocycles. The number of nitrogens with one attached hydrogen (secondary N) is 1. The van der Waals surface area contributed by atoms with Crippen LogP contribution in [0.2, 0.25) is 0 Å². The van der Waals surface area contributed by atoms with Gasteiger partial charge in [-0.3, -0.25) is 14.4 Å². The summed E-state index contributed by atoms with van der Waals surface area (Å²) in [7, 11) is 0. The van der Waals surface area contributed by atoms with Gasteiger partial charge in [-0.1, -0.05) is 79.2 Å². The second-order valence-electron chi connectivity index (χ2n) is 18.9. The number of aldehydes is 1. The van der Waals surface area contributed by atoms with Gasteiger partial charge in [-0.15, -0.1) is 0 Å². The van der Waals surface area contributed by atoms with Gasteiger partial charge in [-0.2, -0.15) is 0 Å². The summed E-state index contributed by atoms with van der Waals surface area (Å²) in [6.45, 7) is 17.6. The van der Waals surface area contributed by atoms with E-state index in [-0.39, 0.29) is 64.8 Å². The Morgan fingerprint density at radius 2 is 1.64 bits per heavy atom. The van der Waals surface area contributed by atoms with Gasteiger partial charge in [0, 0.05) is 34.8 Å². The van der Waals surface area contributed by atoms with E-state index in [0.717, 1.165) is 63.2 Å². The third-order valence-corrected chi connectivity index (χ3v) is 14.9. The van der Waals surface area contributed by atoms with E-state index >= 15 is 0 Å². The molecule has 0 heterocycles. The zero-order valence-corrected chi connectivity index (χ0v) is 31.8. The molecule has 0 aromatic heterocycles. The second kappa shape index (κ2) is 13.0. The van der Waals surface area contributed by atoms with Crippen molar-refractivity contribution >= 4 is 23.9 Å². The second-order valence-corrected chi connectivity index (χ2v) is 18.9. The van der Waals surface area contributed by atoms with Gasteiger partial charge in [0.15, 0.2) is 5.78 Å². The van der Waals surface area contributed by atoms with Crippen LogP contribution in [0.15, 0.2) is 41.5 Å². The van der Waals surface area contributed by atoms with Crippen LogP contribution >= 0.6 is 0 Å². The van der Waals surface area contributed by atoms with Crippen molar-refractivity contribution in [3.05, 3.63) is 47.0 Å². The fraction of sp³-hybridized carbons (Fsp3) is 0.721. The van der Waals surface area contributed by atoms with Gasteiger partial charge in [0.2, 0.25) is 0 Å². The standard InChI is InChI=1S/C43H61NO6/c1-26(2)36-30(46)22-43(33(47)24-44-38(49)27-12-10-9-11-13-27)21-16-29-28(37(36)43)14-15-32-41(29,7)19-17-31-40(5,6)34(18-20-42(31,32)8)50-35(48)23-39(3,4)25-45/h9-13,25-26,28-29,31-34,47H,14-24H2,1-8H3,(H,44,49). The molecule has 4 fully saturated rings. The Kier molecular flexibility index (Phi) is 9.62. The maximum absolute atomic E-state index is 13.9. The van der Waals surface area contributed by atoms with Crippen LogP contribution in [0.4, 0.5) is 0 Å². The Hall–Kier alpha value is -2.80. The minimum absolute atomic E-state index is 0.0823. The number of carbonyl (C=O) groups excluding carboxylic acids is 4. The molecule has 9 atom stereocenters. The van der Waals surface area contributed by atoms with Crippen molar-refractivity contribution in [3.63, 3.8) is 0 Å². The van der Waals surface area contributed by atoms with Crippen LogP contribution in [0.1, 0.15) is 130 Å². The summed E-state index contributed by atoms with van der Waals surface area (Å²) in [5, 5.41) is 15.0. The molecule has 0 radical (unpaired) electrons. The number of carbonyl (C=O) groups is 4. The highest BCUT2D eigenvalue weighted by Gasteiger charge is 2.67. The minimum Gasteiger partial charge on any atom is -0.462 e. The van der Waals surface area contributed by atoms with E-state index in [9.17, 15) is 24.3 Å². The van der Waals surface area contributed by atoms with Crippen LogP contribution in [-0.2, 0) is 19.1 Å². The molecule has 6 rings (SSSR count). The van der Waals surface area contributed by atoms with Gasteiger partial charge in [0.1, 0.15) is 12.4 Å². The number of ketones is 1. The lowest BCUT2D eigenvalue weighted by molar-refractivity contribution is -0.214. The van der Waals surface area contributed by atoms with E-state index in [4.69, 9.17) is 4.74 Å². The number of ether oxygens (including phenoxy) is 1. The maximum atomic E-state index is 13.9. The molecule has 50 heavy (non-hydrogen) atoms. The summed E-state index contributed by atoms with van der Waals surface area (Å²) >= 11 is 0. The number of esters is 1. The molecule has 7 nitrogen and oxygen atoms in total. The van der Waals surface area contributed by atoms with E-state index < -0.39 is 16.9 Å². The molecule has 5 aliphatic rings. The van der Waals surface area contributed by atoms with Crippen molar-refractivity contribution in [1.29, 1.82) is 0 Å². The normalized spacial score (nSPS) is 36.8. The van der Waals surface area contributed by atoms with Gasteiger partial charge in [-0.05, 0) is 109 Å². The molecular formula is C43H61NO6. The fourth-order valence-corrected chi connectivity index (χ4v) is 12.6. The molecule has 1 amide bonds. The molecular weight excluding hydrogens is 626 g/mol. The third-order valence-electron chi connectivity index (χ3n) is 14.9. The van der Waals surface area contributed by atoms with E-state index in [1.165, 1.54) is 5.57 Å². The number of benzene rings is 1. The predicted molar refractivity (Wildman–Crippen MR) is 194 cm³/mol. The lowest BCUT2D eigenvalue weighted by atomic mass is 9.36. The van der Waals surface area contributed by atoms with Crippen molar-refractivity contribution in [2.24, 2.45) is 56.7 Å². The first-order valence-electron chi connectivity index (χ1n) is 19.4. The summed E-state index contributed by atoms with van der Waals surface area (Å²) in [6, 6.07) is 9.10. The zero-order valence-electron chi connectivity index (χ0n) is 31.8. The number of hydrogen-bond acceptors (Lipinski definition) is 6. The molecule has 1 aromatic rings. The number of fused-ring (bicyclic) bond motifs is 7. The number of amides is 1. The molecule has 9 unspecified atom stereocenters. The number of hydrogen-bond donors (Lipinski definition) is 2. The quantitative estimate of drug-likeness (QED) is 0.202. The molecule has 0 aliphatic heterocycles.